The molecule has 0 saturated heterocycles. The van der Waals surface area contributed by atoms with Crippen molar-refractivity contribution >= 4 is 21.1 Å². The fourth-order valence-electron chi connectivity index (χ4n) is 1.56. The van der Waals surface area contributed by atoms with Gasteiger partial charge < -0.3 is 0 Å². The number of alkyl halides is 2. The Balaban J connectivity index is 2.90. The standard InChI is InChI=1S/C10H6F3NO2S/c11-10(12)7-3-4-8(17(13,15)16)6-2-1-5-14-9(6)7/h1-5,10H. The lowest BCUT2D eigenvalue weighted by atomic mass is 10.1. The number of nitrogens with zero attached hydrogens (tertiary/aromatic N) is 1. The van der Waals surface area contributed by atoms with E-state index in [0.29, 0.717) is 0 Å². The summed E-state index contributed by atoms with van der Waals surface area (Å²) in [6.07, 6.45) is -1.56. The molecule has 0 atom stereocenters. The molecule has 3 nitrogen and oxygen atoms in total. The maximum Gasteiger partial charge on any atom is 0.332 e. The first kappa shape index (κ1) is 11.8. The largest absolute Gasteiger partial charge is 0.332 e. The Labute approximate surface area is 95.1 Å². The lowest BCUT2D eigenvalue weighted by molar-refractivity contribution is 0.153. The lowest BCUT2D eigenvalue weighted by Gasteiger charge is -2.06. The Bertz CT molecular complexity index is 670. The third-order valence-corrected chi connectivity index (χ3v) is 3.14. The number of rotatable bonds is 2. The summed E-state index contributed by atoms with van der Waals surface area (Å²) < 4.78 is 59.9. The predicted molar refractivity (Wildman–Crippen MR) is 55.0 cm³/mol. The second-order valence-corrected chi connectivity index (χ2v) is 4.61. The van der Waals surface area contributed by atoms with Gasteiger partial charge >= 0.3 is 10.2 Å². The Morgan fingerprint density at radius 2 is 1.88 bits per heavy atom. The van der Waals surface area contributed by atoms with Crippen LogP contribution < -0.4 is 0 Å². The van der Waals surface area contributed by atoms with Gasteiger partial charge in [-0.2, -0.15) is 8.42 Å². The number of fused-ring (bicyclic) bond motifs is 1. The number of hydrogen-bond acceptors (Lipinski definition) is 3. The minimum atomic E-state index is -4.96. The number of halogens is 3. The molecule has 90 valence electrons. The summed E-state index contributed by atoms with van der Waals surface area (Å²) in [5.74, 6) is 0. The maximum atomic E-state index is 12.9. The molecule has 1 heterocycles. The van der Waals surface area contributed by atoms with Crippen LogP contribution in [0.5, 0.6) is 0 Å². The van der Waals surface area contributed by atoms with Gasteiger partial charge in [0.05, 0.1) is 5.52 Å². The van der Waals surface area contributed by atoms with Crippen molar-refractivity contribution in [2.75, 3.05) is 0 Å². The summed E-state index contributed by atoms with van der Waals surface area (Å²) in [6.45, 7) is 0. The number of hydrogen-bond donors (Lipinski definition) is 0. The van der Waals surface area contributed by atoms with E-state index in [1.807, 2.05) is 0 Å². The molecule has 0 radical (unpaired) electrons. The van der Waals surface area contributed by atoms with Crippen LogP contribution in [0.25, 0.3) is 10.9 Å². The van der Waals surface area contributed by atoms with Crippen LogP contribution in [0.15, 0.2) is 35.4 Å². The van der Waals surface area contributed by atoms with Gasteiger partial charge in [-0.05, 0) is 24.3 Å². The highest BCUT2D eigenvalue weighted by atomic mass is 32.3. The highest BCUT2D eigenvalue weighted by molar-refractivity contribution is 7.86. The second-order valence-electron chi connectivity index (χ2n) is 3.29. The van der Waals surface area contributed by atoms with Crippen LogP contribution in [0, 0.1) is 0 Å². The minimum Gasteiger partial charge on any atom is -0.256 e. The summed E-state index contributed by atoms with van der Waals surface area (Å²) in [7, 11) is -4.96. The number of pyridine rings is 1. The van der Waals surface area contributed by atoms with Crippen molar-refractivity contribution in [2.45, 2.75) is 11.3 Å². The van der Waals surface area contributed by atoms with Gasteiger partial charge in [-0.1, -0.05) is 0 Å². The van der Waals surface area contributed by atoms with Crippen LogP contribution >= 0.6 is 0 Å². The SMILES string of the molecule is O=S(=O)(F)c1ccc(C(F)F)c2ncccc12. The van der Waals surface area contributed by atoms with Gasteiger partial charge in [0.1, 0.15) is 4.90 Å². The maximum absolute atomic E-state index is 12.9. The van der Waals surface area contributed by atoms with Crippen LogP contribution in [0.1, 0.15) is 12.0 Å². The van der Waals surface area contributed by atoms with Crippen LogP contribution in [0.2, 0.25) is 0 Å². The summed E-state index contributed by atoms with van der Waals surface area (Å²) in [4.78, 5) is 3.02. The highest BCUT2D eigenvalue weighted by Crippen LogP contribution is 2.31. The monoisotopic (exact) mass is 261 g/mol. The topological polar surface area (TPSA) is 47.0 Å². The zero-order chi connectivity index (χ0) is 12.6. The third kappa shape index (κ3) is 2.10. The van der Waals surface area contributed by atoms with E-state index in [9.17, 15) is 21.1 Å². The fourth-order valence-corrected chi connectivity index (χ4v) is 2.22. The molecule has 0 aliphatic heterocycles. The van der Waals surface area contributed by atoms with Gasteiger partial charge in [-0.15, -0.1) is 3.89 Å². The minimum absolute atomic E-state index is 0.146. The molecular weight excluding hydrogens is 255 g/mol. The molecule has 0 aliphatic rings. The van der Waals surface area contributed by atoms with Crippen molar-refractivity contribution in [1.82, 2.24) is 4.98 Å². The predicted octanol–water partition coefficient (Wildman–Crippen LogP) is 2.83. The Kier molecular flexibility index (Phi) is 2.78. The van der Waals surface area contributed by atoms with Crippen LogP contribution in [-0.4, -0.2) is 13.4 Å². The summed E-state index contributed by atoms with van der Waals surface area (Å²) in [5.41, 5.74) is -0.630. The van der Waals surface area contributed by atoms with Gasteiger partial charge in [0.2, 0.25) is 0 Å². The average molecular weight is 261 g/mol. The van der Waals surface area contributed by atoms with Crippen LogP contribution in [-0.2, 0) is 10.2 Å². The molecule has 0 aliphatic carbocycles. The molecule has 0 fully saturated rings. The summed E-state index contributed by atoms with van der Waals surface area (Å²) in [5, 5.41) is -0.146. The van der Waals surface area contributed by atoms with E-state index in [2.05, 4.69) is 4.98 Å². The van der Waals surface area contributed by atoms with Crippen molar-refractivity contribution < 1.29 is 21.1 Å². The quantitative estimate of drug-likeness (QED) is 0.781. The van der Waals surface area contributed by atoms with Crippen molar-refractivity contribution in [1.29, 1.82) is 0 Å². The lowest BCUT2D eigenvalue weighted by Crippen LogP contribution is -1.97. The number of benzene rings is 1. The molecule has 17 heavy (non-hydrogen) atoms. The fraction of sp³-hybridized carbons (Fsp3) is 0.100. The first-order valence-corrected chi connectivity index (χ1v) is 5.90. The van der Waals surface area contributed by atoms with Crippen molar-refractivity contribution in [3.05, 3.63) is 36.0 Å². The normalized spacial score (nSPS) is 12.2. The second kappa shape index (κ2) is 3.99. The van der Waals surface area contributed by atoms with E-state index in [1.54, 1.807) is 0 Å². The van der Waals surface area contributed by atoms with E-state index in [4.69, 9.17) is 0 Å². The first-order chi connectivity index (χ1) is 7.91. The molecule has 1 aromatic heterocycles. The summed E-state index contributed by atoms with van der Waals surface area (Å²) >= 11 is 0. The molecule has 7 heteroatoms. The molecule has 2 aromatic rings. The van der Waals surface area contributed by atoms with Crippen molar-refractivity contribution in [3.8, 4) is 0 Å². The van der Waals surface area contributed by atoms with Crippen LogP contribution in [0.3, 0.4) is 0 Å². The van der Waals surface area contributed by atoms with E-state index >= 15 is 0 Å². The van der Waals surface area contributed by atoms with E-state index in [0.717, 1.165) is 12.1 Å². The molecular formula is C10H6F3NO2S. The van der Waals surface area contributed by atoms with Gasteiger partial charge in [0, 0.05) is 17.1 Å². The van der Waals surface area contributed by atoms with Gasteiger partial charge in [-0.25, -0.2) is 8.78 Å². The average Bonchev–Trinajstić information content (AvgIpc) is 2.26. The highest BCUT2D eigenvalue weighted by Gasteiger charge is 2.20. The Morgan fingerprint density at radius 3 is 2.47 bits per heavy atom. The molecule has 1 aromatic carbocycles. The molecule has 0 unspecified atom stereocenters. The van der Waals surface area contributed by atoms with Gasteiger partial charge in [0.25, 0.3) is 6.43 Å². The van der Waals surface area contributed by atoms with Gasteiger partial charge in [-0.3, -0.25) is 4.98 Å². The van der Waals surface area contributed by atoms with Gasteiger partial charge in [0.15, 0.2) is 0 Å². The van der Waals surface area contributed by atoms with E-state index < -0.39 is 27.1 Å². The van der Waals surface area contributed by atoms with E-state index in [1.165, 1.54) is 18.3 Å². The van der Waals surface area contributed by atoms with Crippen molar-refractivity contribution in [2.24, 2.45) is 0 Å². The van der Waals surface area contributed by atoms with Crippen molar-refractivity contribution in [3.63, 3.8) is 0 Å². The molecule has 0 N–H and O–H groups in total. The Hall–Kier alpha value is -1.63. The third-order valence-electron chi connectivity index (χ3n) is 2.26. The number of aromatic nitrogens is 1. The van der Waals surface area contributed by atoms with E-state index in [-0.39, 0.29) is 10.9 Å². The smallest absolute Gasteiger partial charge is 0.256 e. The molecule has 0 amide bonds. The Morgan fingerprint density at radius 1 is 1.18 bits per heavy atom. The van der Waals surface area contributed by atoms with Crippen LogP contribution in [0.4, 0.5) is 12.7 Å². The zero-order valence-electron chi connectivity index (χ0n) is 8.27. The molecule has 0 bridgehead atoms. The molecule has 0 saturated carbocycles. The first-order valence-electron chi connectivity index (χ1n) is 4.51. The molecule has 0 spiro atoms. The summed E-state index contributed by atoms with van der Waals surface area (Å²) in [6, 6.07) is 4.28. The zero-order valence-corrected chi connectivity index (χ0v) is 9.09. The molecule has 2 rings (SSSR count).